The molecule has 0 saturated heterocycles. The quantitative estimate of drug-likeness (QED) is 0.708. The second-order valence-corrected chi connectivity index (χ2v) is 4.82. The van der Waals surface area contributed by atoms with Crippen LogP contribution >= 0.6 is 0 Å². The maximum atomic E-state index is 10.5. The molecule has 0 heterocycles. The van der Waals surface area contributed by atoms with Gasteiger partial charge in [-0.15, -0.1) is 0 Å². The van der Waals surface area contributed by atoms with Crippen LogP contribution in [-0.4, -0.2) is 11.1 Å². The Bertz CT molecular complexity index is 809. The Morgan fingerprint density at radius 2 is 1.57 bits per heavy atom. The summed E-state index contributed by atoms with van der Waals surface area (Å²) in [4.78, 5) is 10.5. The van der Waals surface area contributed by atoms with Crippen molar-refractivity contribution in [2.45, 2.75) is 0 Å². The van der Waals surface area contributed by atoms with Crippen molar-refractivity contribution in [2.24, 2.45) is 0 Å². The first-order valence-electron chi connectivity index (χ1n) is 6.73. The fraction of sp³-hybridized carbons (Fsp3) is 0. The number of hydrogen-bond donors (Lipinski definition) is 1. The number of hydrogen-bond acceptors (Lipinski definition) is 1. The van der Waals surface area contributed by atoms with Crippen molar-refractivity contribution in [3.8, 4) is 11.1 Å². The van der Waals surface area contributed by atoms with Crippen molar-refractivity contribution in [1.29, 1.82) is 0 Å². The molecule has 0 fully saturated rings. The molecule has 0 saturated carbocycles. The van der Waals surface area contributed by atoms with Crippen LogP contribution in [0.25, 0.3) is 28.0 Å². The zero-order chi connectivity index (χ0) is 14.7. The molecule has 0 aliphatic heterocycles. The van der Waals surface area contributed by atoms with E-state index in [1.165, 1.54) is 16.3 Å². The van der Waals surface area contributed by atoms with Gasteiger partial charge in [0.05, 0.1) is 0 Å². The summed E-state index contributed by atoms with van der Waals surface area (Å²) < 4.78 is 0. The van der Waals surface area contributed by atoms with Crippen molar-refractivity contribution < 1.29 is 9.90 Å². The molecule has 102 valence electrons. The fourth-order valence-corrected chi connectivity index (χ4v) is 2.42. The Morgan fingerprint density at radius 3 is 2.33 bits per heavy atom. The van der Waals surface area contributed by atoms with Gasteiger partial charge in [0, 0.05) is 6.08 Å². The Balaban J connectivity index is 2.01. The molecular formula is C19H14O2. The summed E-state index contributed by atoms with van der Waals surface area (Å²) in [6.45, 7) is 0. The molecule has 0 aliphatic carbocycles. The monoisotopic (exact) mass is 274 g/mol. The predicted octanol–water partition coefficient (Wildman–Crippen LogP) is 4.60. The van der Waals surface area contributed by atoms with E-state index in [4.69, 9.17) is 5.11 Å². The zero-order valence-electron chi connectivity index (χ0n) is 11.4. The van der Waals surface area contributed by atoms with E-state index in [0.717, 1.165) is 17.2 Å². The lowest BCUT2D eigenvalue weighted by Gasteiger charge is -2.07. The lowest BCUT2D eigenvalue weighted by Crippen LogP contribution is -1.86. The molecular weight excluding hydrogens is 260 g/mol. The molecule has 3 aromatic carbocycles. The van der Waals surface area contributed by atoms with Crippen LogP contribution in [0.5, 0.6) is 0 Å². The Labute approximate surface area is 123 Å². The molecule has 0 aromatic heterocycles. The van der Waals surface area contributed by atoms with Crippen molar-refractivity contribution in [2.75, 3.05) is 0 Å². The van der Waals surface area contributed by atoms with Crippen LogP contribution in [0.3, 0.4) is 0 Å². The number of rotatable bonds is 3. The van der Waals surface area contributed by atoms with Gasteiger partial charge in [-0.25, -0.2) is 4.79 Å². The second-order valence-electron chi connectivity index (χ2n) is 4.82. The van der Waals surface area contributed by atoms with Crippen molar-refractivity contribution in [3.63, 3.8) is 0 Å². The van der Waals surface area contributed by atoms with E-state index in [9.17, 15) is 4.79 Å². The average Bonchev–Trinajstić information content (AvgIpc) is 2.53. The summed E-state index contributed by atoms with van der Waals surface area (Å²) in [5.41, 5.74) is 3.18. The maximum Gasteiger partial charge on any atom is 0.328 e. The normalized spacial score (nSPS) is 11.0. The standard InChI is InChI=1S/C19H14O2/c20-19(21)13-10-14-8-11-16(12-9-14)18-7-3-5-15-4-1-2-6-17(15)18/h1-13H,(H,20,21)/b13-10+. The third-order valence-corrected chi connectivity index (χ3v) is 3.43. The minimum Gasteiger partial charge on any atom is -0.478 e. The van der Waals surface area contributed by atoms with Crippen LogP contribution in [0.15, 0.2) is 72.8 Å². The van der Waals surface area contributed by atoms with E-state index in [0.29, 0.717) is 0 Å². The van der Waals surface area contributed by atoms with E-state index in [1.807, 2.05) is 36.4 Å². The van der Waals surface area contributed by atoms with E-state index >= 15 is 0 Å². The summed E-state index contributed by atoms with van der Waals surface area (Å²) in [6.07, 6.45) is 2.74. The van der Waals surface area contributed by atoms with Gasteiger partial charge < -0.3 is 5.11 Å². The first-order valence-corrected chi connectivity index (χ1v) is 6.73. The molecule has 0 amide bonds. The lowest BCUT2D eigenvalue weighted by molar-refractivity contribution is -0.131. The summed E-state index contributed by atoms with van der Waals surface area (Å²) in [6, 6.07) is 22.4. The van der Waals surface area contributed by atoms with Crippen molar-refractivity contribution >= 4 is 22.8 Å². The molecule has 2 heteroatoms. The summed E-state index contributed by atoms with van der Waals surface area (Å²) in [7, 11) is 0. The summed E-state index contributed by atoms with van der Waals surface area (Å²) in [5, 5.41) is 11.1. The van der Waals surface area contributed by atoms with E-state index < -0.39 is 5.97 Å². The molecule has 1 N–H and O–H groups in total. The number of carbonyl (C=O) groups is 1. The Kier molecular flexibility index (Phi) is 3.52. The van der Waals surface area contributed by atoms with Crippen LogP contribution in [0.1, 0.15) is 5.56 Å². The van der Waals surface area contributed by atoms with Crippen molar-refractivity contribution in [3.05, 3.63) is 78.4 Å². The van der Waals surface area contributed by atoms with Gasteiger partial charge in [0.1, 0.15) is 0 Å². The predicted molar refractivity (Wildman–Crippen MR) is 86.1 cm³/mol. The van der Waals surface area contributed by atoms with Gasteiger partial charge in [0.2, 0.25) is 0 Å². The second kappa shape index (κ2) is 5.63. The average molecular weight is 274 g/mol. The van der Waals surface area contributed by atoms with Crippen LogP contribution < -0.4 is 0 Å². The number of carboxylic acid groups (broad SMARTS) is 1. The molecule has 21 heavy (non-hydrogen) atoms. The Morgan fingerprint density at radius 1 is 0.857 bits per heavy atom. The molecule has 3 aromatic rings. The zero-order valence-corrected chi connectivity index (χ0v) is 11.4. The number of fused-ring (bicyclic) bond motifs is 1. The largest absolute Gasteiger partial charge is 0.478 e. The van der Waals surface area contributed by atoms with Gasteiger partial charge in [-0.05, 0) is 33.5 Å². The highest BCUT2D eigenvalue weighted by atomic mass is 16.4. The highest BCUT2D eigenvalue weighted by molar-refractivity contribution is 5.96. The van der Waals surface area contributed by atoms with E-state index in [2.05, 4.69) is 30.3 Å². The molecule has 0 spiro atoms. The van der Waals surface area contributed by atoms with Crippen LogP contribution in [0.4, 0.5) is 0 Å². The van der Waals surface area contributed by atoms with Crippen LogP contribution in [0, 0.1) is 0 Å². The first kappa shape index (κ1) is 13.1. The SMILES string of the molecule is O=C(O)/C=C/c1ccc(-c2cccc3ccccc23)cc1. The smallest absolute Gasteiger partial charge is 0.328 e. The minimum absolute atomic E-state index is 0.876. The number of aliphatic carboxylic acids is 1. The fourth-order valence-electron chi connectivity index (χ4n) is 2.42. The first-order chi connectivity index (χ1) is 10.2. The highest BCUT2D eigenvalue weighted by Gasteiger charge is 2.02. The van der Waals surface area contributed by atoms with Crippen LogP contribution in [0.2, 0.25) is 0 Å². The summed E-state index contributed by atoms with van der Waals surface area (Å²) >= 11 is 0. The van der Waals surface area contributed by atoms with Gasteiger partial charge >= 0.3 is 5.97 Å². The third-order valence-electron chi connectivity index (χ3n) is 3.43. The molecule has 0 aliphatic rings. The Hall–Kier alpha value is -2.87. The van der Waals surface area contributed by atoms with Crippen LogP contribution in [-0.2, 0) is 4.79 Å². The van der Waals surface area contributed by atoms with Gasteiger partial charge in [0.25, 0.3) is 0 Å². The molecule has 2 nitrogen and oxygen atoms in total. The van der Waals surface area contributed by atoms with Gasteiger partial charge in [0.15, 0.2) is 0 Å². The van der Waals surface area contributed by atoms with Gasteiger partial charge in [-0.1, -0.05) is 66.7 Å². The molecule has 0 atom stereocenters. The van der Waals surface area contributed by atoms with E-state index in [1.54, 1.807) is 6.08 Å². The third kappa shape index (κ3) is 2.84. The van der Waals surface area contributed by atoms with Gasteiger partial charge in [-0.3, -0.25) is 0 Å². The molecule has 3 rings (SSSR count). The van der Waals surface area contributed by atoms with Crippen molar-refractivity contribution in [1.82, 2.24) is 0 Å². The van der Waals surface area contributed by atoms with Gasteiger partial charge in [-0.2, -0.15) is 0 Å². The molecule has 0 unspecified atom stereocenters. The highest BCUT2D eigenvalue weighted by Crippen LogP contribution is 2.28. The maximum absolute atomic E-state index is 10.5. The summed E-state index contributed by atoms with van der Waals surface area (Å²) in [5.74, 6) is -0.937. The minimum atomic E-state index is -0.937. The molecule has 0 radical (unpaired) electrons. The molecule has 0 bridgehead atoms. The lowest BCUT2D eigenvalue weighted by atomic mass is 9.97. The number of carboxylic acids is 1. The topological polar surface area (TPSA) is 37.3 Å². The van der Waals surface area contributed by atoms with E-state index in [-0.39, 0.29) is 0 Å². The number of benzene rings is 3.